The van der Waals surface area contributed by atoms with Crippen LogP contribution in [0.15, 0.2) is 74.1 Å². The summed E-state index contributed by atoms with van der Waals surface area (Å²) < 4.78 is 19.8. The maximum atomic E-state index is 14.4. The highest BCUT2D eigenvalue weighted by atomic mass is 19.1. The SMILES string of the molecule is C=CC.C=CCOc1cc2[nH]c(C(=N)c3c(N)ncnc3NC3Cc4ccccc4N(C=O)C3)cc2cc1F. The van der Waals surface area contributed by atoms with Crippen molar-refractivity contribution in [2.75, 3.05) is 29.1 Å². The molecule has 1 amide bonds. The highest BCUT2D eigenvalue weighted by molar-refractivity contribution is 6.16. The van der Waals surface area contributed by atoms with Crippen molar-refractivity contribution in [2.24, 2.45) is 0 Å². The Morgan fingerprint density at radius 2 is 2.08 bits per heavy atom. The molecule has 2 aromatic carbocycles. The second-order valence-electron chi connectivity index (χ2n) is 8.85. The molecule has 0 bridgehead atoms. The molecule has 1 atom stereocenters. The molecule has 0 saturated carbocycles. The average molecular weight is 528 g/mol. The summed E-state index contributed by atoms with van der Waals surface area (Å²) in [4.78, 5) is 24.9. The van der Waals surface area contributed by atoms with Gasteiger partial charge < -0.3 is 25.7 Å². The van der Waals surface area contributed by atoms with E-state index in [1.54, 1.807) is 23.1 Å². The van der Waals surface area contributed by atoms with Crippen molar-refractivity contribution in [3.63, 3.8) is 0 Å². The van der Waals surface area contributed by atoms with Crippen LogP contribution in [0.2, 0.25) is 0 Å². The highest BCUT2D eigenvalue weighted by Gasteiger charge is 2.26. The van der Waals surface area contributed by atoms with Gasteiger partial charge in [0.15, 0.2) is 11.6 Å². The number of amides is 1. The van der Waals surface area contributed by atoms with Gasteiger partial charge in [-0.05, 0) is 37.1 Å². The van der Waals surface area contributed by atoms with Gasteiger partial charge in [0, 0.05) is 35.2 Å². The Hall–Kier alpha value is -4.99. The van der Waals surface area contributed by atoms with E-state index in [1.165, 1.54) is 18.5 Å². The number of anilines is 3. The fraction of sp³-hybridized carbons (Fsp3) is 0.172. The van der Waals surface area contributed by atoms with Crippen LogP contribution in [0.3, 0.4) is 0 Å². The summed E-state index contributed by atoms with van der Waals surface area (Å²) >= 11 is 0. The number of aromatic amines is 1. The number of rotatable bonds is 8. The van der Waals surface area contributed by atoms with Gasteiger partial charge >= 0.3 is 0 Å². The van der Waals surface area contributed by atoms with Gasteiger partial charge in [-0.15, -0.1) is 6.58 Å². The van der Waals surface area contributed by atoms with E-state index in [0.717, 1.165) is 17.7 Å². The molecule has 4 aromatic rings. The number of H-pyrrole nitrogens is 1. The summed E-state index contributed by atoms with van der Waals surface area (Å²) in [6.45, 7) is 9.42. The van der Waals surface area contributed by atoms with Crippen molar-refractivity contribution in [2.45, 2.75) is 19.4 Å². The Kier molecular flexibility index (Phi) is 8.35. The second-order valence-corrected chi connectivity index (χ2v) is 8.85. The minimum absolute atomic E-state index is 0.0456. The minimum atomic E-state index is -0.511. The van der Waals surface area contributed by atoms with Crippen molar-refractivity contribution in [3.8, 4) is 5.75 Å². The lowest BCUT2D eigenvalue weighted by atomic mass is 9.98. The van der Waals surface area contributed by atoms with Crippen LogP contribution in [0.5, 0.6) is 5.75 Å². The predicted molar refractivity (Wildman–Crippen MR) is 153 cm³/mol. The first-order valence-electron chi connectivity index (χ1n) is 12.3. The fourth-order valence-electron chi connectivity index (χ4n) is 4.44. The number of halogens is 1. The number of fused-ring (bicyclic) bond motifs is 2. The van der Waals surface area contributed by atoms with Gasteiger partial charge in [-0.3, -0.25) is 10.2 Å². The van der Waals surface area contributed by atoms with Gasteiger partial charge in [0.05, 0.1) is 17.0 Å². The molecule has 1 unspecified atom stereocenters. The Bertz CT molecular complexity index is 1530. The van der Waals surface area contributed by atoms with Crippen molar-refractivity contribution in [3.05, 3.63) is 96.7 Å². The van der Waals surface area contributed by atoms with E-state index in [1.807, 2.05) is 31.2 Å². The standard InChI is InChI=1S/C26H24FN7O2.C3H6/c1-2-7-36-22-11-19-16(9-18(22)27)10-20(33-19)24(28)23-25(29)30-13-31-26(23)32-17-8-15-5-3-4-6-21(15)34(12-17)14-35;1-3-2/h2-6,9-11,13-14,17,28,33H,1,7-8,12H2,(H3,29,30,31,32);3H,1H2,2H3. The first kappa shape index (κ1) is 27.1. The van der Waals surface area contributed by atoms with Crippen molar-refractivity contribution < 1.29 is 13.9 Å². The molecule has 2 aromatic heterocycles. The lowest BCUT2D eigenvalue weighted by molar-refractivity contribution is -0.107. The maximum absolute atomic E-state index is 14.4. The minimum Gasteiger partial charge on any atom is -0.486 e. The van der Waals surface area contributed by atoms with Crippen LogP contribution in [0, 0.1) is 11.2 Å². The van der Waals surface area contributed by atoms with Gasteiger partial charge in [0.25, 0.3) is 0 Å². The monoisotopic (exact) mass is 527 g/mol. The molecule has 3 heterocycles. The average Bonchev–Trinajstić information content (AvgIpc) is 3.34. The number of allylic oxidation sites excluding steroid dienone is 1. The number of aromatic nitrogens is 3. The summed E-state index contributed by atoms with van der Waals surface area (Å²) in [5.41, 5.74) is 9.47. The van der Waals surface area contributed by atoms with E-state index in [0.29, 0.717) is 40.9 Å². The van der Waals surface area contributed by atoms with Crippen molar-refractivity contribution in [1.29, 1.82) is 5.41 Å². The van der Waals surface area contributed by atoms with Gasteiger partial charge in [-0.25, -0.2) is 14.4 Å². The third kappa shape index (κ3) is 5.80. The highest BCUT2D eigenvalue weighted by Crippen LogP contribution is 2.30. The normalized spacial score (nSPS) is 14.0. The van der Waals surface area contributed by atoms with Gasteiger partial charge in [0.2, 0.25) is 6.41 Å². The number of carbonyl (C=O) groups excluding carboxylic acids is 1. The Labute approximate surface area is 225 Å². The van der Waals surface area contributed by atoms with Crippen LogP contribution < -0.4 is 20.7 Å². The van der Waals surface area contributed by atoms with Gasteiger partial charge in [-0.1, -0.05) is 36.9 Å². The molecular formula is C29H30FN7O2. The van der Waals surface area contributed by atoms with Gasteiger partial charge in [-0.2, -0.15) is 0 Å². The molecule has 9 nitrogen and oxygen atoms in total. The molecule has 39 heavy (non-hydrogen) atoms. The zero-order valence-corrected chi connectivity index (χ0v) is 21.6. The Morgan fingerprint density at radius 1 is 1.31 bits per heavy atom. The number of nitrogens with two attached hydrogens (primary N) is 1. The lowest BCUT2D eigenvalue weighted by Gasteiger charge is -2.33. The van der Waals surface area contributed by atoms with Crippen LogP contribution in [0.25, 0.3) is 10.9 Å². The number of carbonyl (C=O) groups is 1. The summed E-state index contributed by atoms with van der Waals surface area (Å²) in [5.74, 6) is 0.0802. The summed E-state index contributed by atoms with van der Waals surface area (Å²) in [6, 6.07) is 12.1. The molecule has 1 aliphatic heterocycles. The predicted octanol–water partition coefficient (Wildman–Crippen LogP) is 4.85. The number of nitrogens with zero attached hydrogens (tertiary/aromatic N) is 3. The molecule has 200 valence electrons. The molecular weight excluding hydrogens is 497 g/mol. The molecule has 0 fully saturated rings. The Balaban J connectivity index is 0.00000112. The third-order valence-electron chi connectivity index (χ3n) is 6.08. The van der Waals surface area contributed by atoms with Crippen LogP contribution in [-0.2, 0) is 11.2 Å². The number of nitrogen functional groups attached to an aromatic ring is 1. The van der Waals surface area contributed by atoms with Crippen LogP contribution in [0.4, 0.5) is 21.7 Å². The largest absolute Gasteiger partial charge is 0.486 e. The maximum Gasteiger partial charge on any atom is 0.214 e. The summed E-state index contributed by atoms with van der Waals surface area (Å²) in [5, 5.41) is 12.8. The van der Waals surface area contributed by atoms with E-state index in [4.69, 9.17) is 15.9 Å². The third-order valence-corrected chi connectivity index (χ3v) is 6.08. The van der Waals surface area contributed by atoms with E-state index in [9.17, 15) is 9.18 Å². The smallest absolute Gasteiger partial charge is 0.214 e. The number of para-hydroxylation sites is 1. The first-order valence-corrected chi connectivity index (χ1v) is 12.3. The molecule has 5 N–H and O–H groups in total. The first-order chi connectivity index (χ1) is 18.9. The topological polar surface area (TPSA) is 133 Å². The number of ether oxygens (including phenoxy) is 1. The lowest BCUT2D eigenvalue weighted by Crippen LogP contribution is -2.42. The molecule has 10 heteroatoms. The summed E-state index contributed by atoms with van der Waals surface area (Å²) in [7, 11) is 0. The number of nitrogens with one attached hydrogen (secondary N) is 3. The molecule has 0 saturated heterocycles. The zero-order valence-electron chi connectivity index (χ0n) is 21.6. The Morgan fingerprint density at radius 3 is 2.82 bits per heavy atom. The van der Waals surface area contributed by atoms with Crippen molar-refractivity contribution >= 4 is 40.3 Å². The number of hydrogen-bond acceptors (Lipinski definition) is 7. The van der Waals surface area contributed by atoms with Gasteiger partial charge in [0.1, 0.15) is 24.6 Å². The van der Waals surface area contributed by atoms with E-state index < -0.39 is 5.82 Å². The zero-order chi connectivity index (χ0) is 27.9. The fourth-order valence-corrected chi connectivity index (χ4v) is 4.44. The van der Waals surface area contributed by atoms with E-state index in [2.05, 4.69) is 33.4 Å². The van der Waals surface area contributed by atoms with Crippen LogP contribution in [-0.4, -0.2) is 46.3 Å². The van der Waals surface area contributed by atoms with Crippen molar-refractivity contribution in [1.82, 2.24) is 15.0 Å². The molecule has 5 rings (SSSR count). The van der Waals surface area contributed by atoms with Crippen LogP contribution in [0.1, 0.15) is 23.7 Å². The van der Waals surface area contributed by atoms with Crippen LogP contribution >= 0.6 is 0 Å². The quantitative estimate of drug-likeness (QED) is 0.147. The molecule has 0 radical (unpaired) electrons. The van der Waals surface area contributed by atoms with E-state index in [-0.39, 0.29) is 29.9 Å². The molecule has 0 spiro atoms. The number of benzene rings is 2. The second kappa shape index (κ2) is 12.0. The summed E-state index contributed by atoms with van der Waals surface area (Å²) in [6.07, 6.45) is 6.08. The number of hydrogen-bond donors (Lipinski definition) is 4. The molecule has 1 aliphatic rings. The molecule has 0 aliphatic carbocycles. The van der Waals surface area contributed by atoms with E-state index >= 15 is 0 Å².